The standard InChI is InChI=1S/C15H16O4.C10H9N/c1-11-4-2-5-12(15(11)19-10-16)9-18-14-7-3-6-13(17)8-14;1-8-6-7-9-4-2-3-5-10(9)11-8/h2-8,16-17H,9-10H2,1H3;2-7H,1H3. The van der Waals surface area contributed by atoms with E-state index < -0.39 is 0 Å². The summed E-state index contributed by atoms with van der Waals surface area (Å²) in [6, 6.07) is 24.6. The van der Waals surface area contributed by atoms with Crippen molar-refractivity contribution < 1.29 is 19.7 Å². The van der Waals surface area contributed by atoms with Crippen LogP contribution in [0.25, 0.3) is 10.9 Å². The third-order valence-electron chi connectivity index (χ3n) is 4.45. The highest BCUT2D eigenvalue weighted by atomic mass is 16.6. The highest BCUT2D eigenvalue weighted by Crippen LogP contribution is 2.25. The molecule has 5 nitrogen and oxygen atoms in total. The number of benzene rings is 3. The minimum absolute atomic E-state index is 0.161. The summed E-state index contributed by atoms with van der Waals surface area (Å²) in [6.07, 6.45) is 0. The van der Waals surface area contributed by atoms with Crippen LogP contribution in [0.4, 0.5) is 0 Å². The molecule has 1 heterocycles. The van der Waals surface area contributed by atoms with Crippen molar-refractivity contribution in [3.8, 4) is 17.2 Å². The van der Waals surface area contributed by atoms with Crippen LogP contribution in [0.2, 0.25) is 0 Å². The summed E-state index contributed by atoms with van der Waals surface area (Å²) >= 11 is 0. The Morgan fingerprint density at radius 1 is 0.833 bits per heavy atom. The predicted octanol–water partition coefficient (Wildman–Crippen LogP) is 5.15. The van der Waals surface area contributed by atoms with E-state index in [0.29, 0.717) is 18.1 Å². The molecule has 0 saturated carbocycles. The number of phenols is 1. The number of aliphatic hydroxyl groups is 1. The van der Waals surface area contributed by atoms with Crippen LogP contribution < -0.4 is 9.47 Å². The minimum atomic E-state index is -0.371. The van der Waals surface area contributed by atoms with E-state index in [1.165, 1.54) is 5.39 Å². The summed E-state index contributed by atoms with van der Waals surface area (Å²) in [5.74, 6) is 1.37. The summed E-state index contributed by atoms with van der Waals surface area (Å²) in [4.78, 5) is 4.38. The van der Waals surface area contributed by atoms with E-state index in [1.54, 1.807) is 24.3 Å². The van der Waals surface area contributed by atoms with Gasteiger partial charge in [0.05, 0.1) is 5.52 Å². The van der Waals surface area contributed by atoms with Gasteiger partial charge in [-0.2, -0.15) is 0 Å². The molecule has 4 rings (SSSR count). The Morgan fingerprint density at radius 2 is 1.63 bits per heavy atom. The monoisotopic (exact) mass is 403 g/mol. The predicted molar refractivity (Wildman–Crippen MR) is 118 cm³/mol. The van der Waals surface area contributed by atoms with Gasteiger partial charge in [-0.1, -0.05) is 48.5 Å². The van der Waals surface area contributed by atoms with Gasteiger partial charge in [0.1, 0.15) is 23.9 Å². The second-order valence-corrected chi connectivity index (χ2v) is 6.77. The van der Waals surface area contributed by atoms with Gasteiger partial charge < -0.3 is 19.7 Å². The largest absolute Gasteiger partial charge is 0.508 e. The van der Waals surface area contributed by atoms with Crippen molar-refractivity contribution in [1.82, 2.24) is 4.98 Å². The number of phenolic OH excluding ortho intramolecular Hbond substituents is 1. The second kappa shape index (κ2) is 10.3. The van der Waals surface area contributed by atoms with Gasteiger partial charge in [-0.05, 0) is 43.7 Å². The quantitative estimate of drug-likeness (QED) is 0.451. The Balaban J connectivity index is 0.000000196. The van der Waals surface area contributed by atoms with Crippen molar-refractivity contribution in [1.29, 1.82) is 0 Å². The molecule has 0 fully saturated rings. The zero-order valence-corrected chi connectivity index (χ0v) is 17.1. The highest BCUT2D eigenvalue weighted by Gasteiger charge is 2.07. The number of aromatic hydroxyl groups is 1. The maximum absolute atomic E-state index is 9.36. The summed E-state index contributed by atoms with van der Waals surface area (Å²) < 4.78 is 10.8. The van der Waals surface area contributed by atoms with E-state index in [4.69, 9.17) is 14.6 Å². The molecule has 0 atom stereocenters. The third-order valence-corrected chi connectivity index (χ3v) is 4.45. The van der Waals surface area contributed by atoms with Crippen LogP contribution in [0.15, 0.2) is 78.9 Å². The molecular weight excluding hydrogens is 378 g/mol. The van der Waals surface area contributed by atoms with Crippen LogP contribution in [0.1, 0.15) is 16.8 Å². The molecule has 5 heteroatoms. The molecule has 0 saturated heterocycles. The van der Waals surface area contributed by atoms with Crippen molar-refractivity contribution in [2.24, 2.45) is 0 Å². The zero-order chi connectivity index (χ0) is 21.3. The average molecular weight is 403 g/mol. The first-order valence-corrected chi connectivity index (χ1v) is 9.63. The van der Waals surface area contributed by atoms with Crippen LogP contribution in [0, 0.1) is 13.8 Å². The van der Waals surface area contributed by atoms with Crippen LogP contribution in [0.3, 0.4) is 0 Å². The fourth-order valence-corrected chi connectivity index (χ4v) is 3.00. The molecule has 154 valence electrons. The van der Waals surface area contributed by atoms with Crippen LogP contribution in [-0.4, -0.2) is 22.0 Å². The fourth-order valence-electron chi connectivity index (χ4n) is 3.00. The maximum atomic E-state index is 9.36. The van der Waals surface area contributed by atoms with E-state index in [1.807, 2.05) is 56.3 Å². The first kappa shape index (κ1) is 21.1. The SMILES string of the molecule is Cc1ccc2ccccc2n1.Cc1cccc(COc2cccc(O)c2)c1OCO. The Labute approximate surface area is 176 Å². The number of hydrogen-bond donors (Lipinski definition) is 2. The van der Waals surface area contributed by atoms with Gasteiger partial charge in [0.15, 0.2) is 6.79 Å². The molecular formula is C25H25NO4. The maximum Gasteiger partial charge on any atom is 0.186 e. The molecule has 1 aromatic heterocycles. The zero-order valence-electron chi connectivity index (χ0n) is 17.1. The third kappa shape index (κ3) is 5.72. The normalized spacial score (nSPS) is 10.2. The van der Waals surface area contributed by atoms with Gasteiger partial charge in [0.25, 0.3) is 0 Å². The van der Waals surface area contributed by atoms with E-state index in [0.717, 1.165) is 22.3 Å². The Morgan fingerprint density at radius 3 is 2.43 bits per heavy atom. The lowest BCUT2D eigenvalue weighted by Crippen LogP contribution is -2.03. The molecule has 2 N–H and O–H groups in total. The van der Waals surface area contributed by atoms with Gasteiger partial charge in [0.2, 0.25) is 0 Å². The van der Waals surface area contributed by atoms with Crippen molar-refractivity contribution in [3.05, 3.63) is 95.7 Å². The second-order valence-electron chi connectivity index (χ2n) is 6.77. The van der Waals surface area contributed by atoms with Crippen LogP contribution in [-0.2, 0) is 6.61 Å². The van der Waals surface area contributed by atoms with Crippen molar-refractivity contribution in [3.63, 3.8) is 0 Å². The molecule has 0 bridgehead atoms. The Hall–Kier alpha value is -3.57. The summed E-state index contributed by atoms with van der Waals surface area (Å²) in [7, 11) is 0. The molecule has 30 heavy (non-hydrogen) atoms. The summed E-state index contributed by atoms with van der Waals surface area (Å²) in [6.45, 7) is 3.85. The number of pyridine rings is 1. The first-order chi connectivity index (χ1) is 14.6. The number of aromatic nitrogens is 1. The molecule has 0 radical (unpaired) electrons. The number of aliphatic hydroxyl groups excluding tert-OH is 1. The number of nitrogens with zero attached hydrogens (tertiary/aromatic N) is 1. The van der Waals surface area contributed by atoms with Gasteiger partial charge in [-0.3, -0.25) is 4.98 Å². The average Bonchev–Trinajstić information content (AvgIpc) is 2.75. The summed E-state index contributed by atoms with van der Waals surface area (Å²) in [5, 5.41) is 19.5. The van der Waals surface area contributed by atoms with E-state index in [2.05, 4.69) is 17.1 Å². The molecule has 0 aliphatic rings. The van der Waals surface area contributed by atoms with E-state index in [9.17, 15) is 5.11 Å². The molecule has 0 amide bonds. The van der Waals surface area contributed by atoms with Gasteiger partial charge in [0, 0.05) is 22.7 Å². The molecule has 0 unspecified atom stereocenters. The van der Waals surface area contributed by atoms with Crippen LogP contribution in [0.5, 0.6) is 17.2 Å². The number of para-hydroxylation sites is 2. The molecule has 0 aliphatic carbocycles. The Kier molecular flexibility index (Phi) is 7.24. The van der Waals surface area contributed by atoms with Gasteiger partial charge >= 0.3 is 0 Å². The topological polar surface area (TPSA) is 71.8 Å². The van der Waals surface area contributed by atoms with Crippen molar-refractivity contribution in [2.75, 3.05) is 6.79 Å². The molecule has 0 spiro atoms. The van der Waals surface area contributed by atoms with Crippen molar-refractivity contribution >= 4 is 10.9 Å². The first-order valence-electron chi connectivity index (χ1n) is 9.63. The minimum Gasteiger partial charge on any atom is -0.508 e. The lowest BCUT2D eigenvalue weighted by Gasteiger charge is -2.13. The number of fused-ring (bicyclic) bond motifs is 1. The van der Waals surface area contributed by atoms with Crippen LogP contribution >= 0.6 is 0 Å². The Bertz CT molecular complexity index is 1110. The molecule has 3 aromatic carbocycles. The van der Waals surface area contributed by atoms with E-state index >= 15 is 0 Å². The lowest BCUT2D eigenvalue weighted by molar-refractivity contribution is 0.0955. The highest BCUT2D eigenvalue weighted by molar-refractivity contribution is 5.78. The number of hydrogen-bond acceptors (Lipinski definition) is 5. The van der Waals surface area contributed by atoms with Gasteiger partial charge in [-0.15, -0.1) is 0 Å². The van der Waals surface area contributed by atoms with Crippen molar-refractivity contribution in [2.45, 2.75) is 20.5 Å². The lowest BCUT2D eigenvalue weighted by atomic mass is 10.1. The summed E-state index contributed by atoms with van der Waals surface area (Å²) in [5.41, 5.74) is 3.93. The fraction of sp³-hybridized carbons (Fsp3) is 0.160. The van der Waals surface area contributed by atoms with Gasteiger partial charge in [-0.25, -0.2) is 0 Å². The molecule has 0 aliphatic heterocycles. The number of aryl methyl sites for hydroxylation is 2. The van der Waals surface area contributed by atoms with E-state index in [-0.39, 0.29) is 12.5 Å². The number of ether oxygens (including phenoxy) is 2. The molecule has 4 aromatic rings. The smallest absolute Gasteiger partial charge is 0.186 e. The number of rotatable bonds is 5.